The molecule has 14 heteroatoms. The maximum Gasteiger partial charge on any atom is 0.431 e. The maximum absolute atomic E-state index is 15.2. The van der Waals surface area contributed by atoms with Gasteiger partial charge >= 0.3 is 6.18 Å². The molecule has 0 atom stereocenters. The number of amides is 1. The second-order valence-electron chi connectivity index (χ2n) is 9.52. The first-order valence-electron chi connectivity index (χ1n) is 13.1. The highest BCUT2D eigenvalue weighted by molar-refractivity contribution is 6.04. The predicted molar refractivity (Wildman–Crippen MR) is 155 cm³/mol. The van der Waals surface area contributed by atoms with Crippen molar-refractivity contribution in [1.82, 2.24) is 14.5 Å². The molecule has 1 amide bonds. The molecule has 10 nitrogen and oxygen atoms in total. The summed E-state index contributed by atoms with van der Waals surface area (Å²) in [6, 6.07) is 11.0. The number of alkyl halides is 3. The van der Waals surface area contributed by atoms with Crippen LogP contribution in [0.5, 0.6) is 28.9 Å². The SMILES string of the molecule is COc1cc(C)c(-n2c(C(F)(F)F)ccc(C(=O)Nc3ccc(Oc4ccnc5cc(OC)c(OC)cc45)c(F)c3)c2=O)cn1. The first-order chi connectivity index (χ1) is 21.4. The van der Waals surface area contributed by atoms with Crippen molar-refractivity contribution >= 4 is 22.5 Å². The van der Waals surface area contributed by atoms with E-state index in [1.54, 1.807) is 12.1 Å². The van der Waals surface area contributed by atoms with Gasteiger partial charge < -0.3 is 24.3 Å². The molecule has 0 bridgehead atoms. The van der Waals surface area contributed by atoms with Crippen LogP contribution < -0.4 is 29.8 Å². The number of benzene rings is 2. The van der Waals surface area contributed by atoms with Gasteiger partial charge in [0.25, 0.3) is 11.5 Å². The van der Waals surface area contributed by atoms with Crippen molar-refractivity contribution in [1.29, 1.82) is 0 Å². The number of hydrogen-bond acceptors (Lipinski definition) is 8. The highest BCUT2D eigenvalue weighted by Gasteiger charge is 2.36. The minimum Gasteiger partial charge on any atom is -0.493 e. The summed E-state index contributed by atoms with van der Waals surface area (Å²) in [5.74, 6) is -0.907. The van der Waals surface area contributed by atoms with Crippen LogP contribution in [0.25, 0.3) is 16.6 Å². The van der Waals surface area contributed by atoms with Gasteiger partial charge in [-0.1, -0.05) is 0 Å². The van der Waals surface area contributed by atoms with Crippen LogP contribution in [0.4, 0.5) is 23.2 Å². The zero-order chi connectivity index (χ0) is 32.5. The van der Waals surface area contributed by atoms with E-state index in [0.717, 1.165) is 18.3 Å². The van der Waals surface area contributed by atoms with Gasteiger partial charge in [0.1, 0.15) is 17.0 Å². The first-order valence-corrected chi connectivity index (χ1v) is 13.1. The van der Waals surface area contributed by atoms with Crippen LogP contribution in [0, 0.1) is 12.7 Å². The number of hydrogen-bond donors (Lipinski definition) is 1. The molecule has 0 spiro atoms. The topological polar surface area (TPSA) is 114 Å². The molecule has 0 aliphatic carbocycles. The molecular weight excluding hydrogens is 600 g/mol. The highest BCUT2D eigenvalue weighted by atomic mass is 19.4. The molecule has 0 radical (unpaired) electrons. The van der Waals surface area contributed by atoms with Gasteiger partial charge in [-0.25, -0.2) is 9.37 Å². The monoisotopic (exact) mass is 624 g/mol. The van der Waals surface area contributed by atoms with Crippen molar-refractivity contribution in [2.75, 3.05) is 26.6 Å². The molecule has 1 N–H and O–H groups in total. The lowest BCUT2D eigenvalue weighted by atomic mass is 10.1. The fourth-order valence-electron chi connectivity index (χ4n) is 4.55. The molecule has 5 aromatic rings. The summed E-state index contributed by atoms with van der Waals surface area (Å²) in [5.41, 5.74) is -2.73. The second-order valence-corrected chi connectivity index (χ2v) is 9.52. The summed E-state index contributed by atoms with van der Waals surface area (Å²) in [6.07, 6.45) is -2.42. The van der Waals surface area contributed by atoms with Gasteiger partial charge in [-0.05, 0) is 48.9 Å². The van der Waals surface area contributed by atoms with E-state index in [-0.39, 0.29) is 34.3 Å². The number of aromatic nitrogens is 3. The number of aryl methyl sites for hydroxylation is 1. The van der Waals surface area contributed by atoms with Gasteiger partial charge in [0, 0.05) is 35.5 Å². The van der Waals surface area contributed by atoms with Crippen molar-refractivity contribution in [3.05, 3.63) is 100.0 Å². The Morgan fingerprint density at radius 1 is 0.867 bits per heavy atom. The molecular formula is C31H24F4N4O6. The number of halogens is 4. The van der Waals surface area contributed by atoms with Gasteiger partial charge in [-0.2, -0.15) is 13.2 Å². The quantitative estimate of drug-likeness (QED) is 0.200. The molecule has 0 aliphatic heterocycles. The van der Waals surface area contributed by atoms with Gasteiger partial charge in [0.15, 0.2) is 23.1 Å². The minimum absolute atomic E-state index is 0.0796. The van der Waals surface area contributed by atoms with Crippen molar-refractivity contribution in [2.24, 2.45) is 0 Å². The van der Waals surface area contributed by atoms with E-state index in [2.05, 4.69) is 15.3 Å². The molecule has 0 saturated heterocycles. The first kappa shape index (κ1) is 30.8. The highest BCUT2D eigenvalue weighted by Crippen LogP contribution is 2.38. The van der Waals surface area contributed by atoms with Gasteiger partial charge in [0.05, 0.1) is 38.7 Å². The fourth-order valence-corrected chi connectivity index (χ4v) is 4.55. The van der Waals surface area contributed by atoms with Gasteiger partial charge in [0.2, 0.25) is 5.88 Å². The zero-order valence-electron chi connectivity index (χ0n) is 24.2. The Kier molecular flexibility index (Phi) is 8.31. The largest absolute Gasteiger partial charge is 0.493 e. The molecule has 0 fully saturated rings. The summed E-state index contributed by atoms with van der Waals surface area (Å²) < 4.78 is 78.6. The van der Waals surface area contributed by atoms with Crippen LogP contribution in [-0.2, 0) is 6.18 Å². The van der Waals surface area contributed by atoms with E-state index in [1.807, 2.05) is 0 Å². The lowest BCUT2D eigenvalue weighted by molar-refractivity contribution is -0.142. The van der Waals surface area contributed by atoms with Crippen molar-refractivity contribution in [2.45, 2.75) is 13.1 Å². The Balaban J connectivity index is 1.45. The number of anilines is 1. The lowest BCUT2D eigenvalue weighted by Gasteiger charge is -2.18. The number of fused-ring (bicyclic) bond motifs is 1. The summed E-state index contributed by atoms with van der Waals surface area (Å²) in [4.78, 5) is 34.6. The standard InChI is InChI=1S/C31H24F4N4O6/c1-16-11-28(44-4)37-15-22(16)39-27(31(33,34)35)8-6-18(30(39)41)29(40)38-17-5-7-24(20(32)12-17)45-23-9-10-36-21-14-26(43-3)25(42-2)13-19(21)23/h5-15H,1-4H3,(H,38,40). The van der Waals surface area contributed by atoms with Crippen LogP contribution in [0.15, 0.2) is 71.8 Å². The van der Waals surface area contributed by atoms with E-state index < -0.39 is 34.7 Å². The van der Waals surface area contributed by atoms with Crippen molar-refractivity contribution < 1.29 is 41.3 Å². The van der Waals surface area contributed by atoms with Gasteiger partial charge in [-0.15, -0.1) is 0 Å². The van der Waals surface area contributed by atoms with E-state index in [9.17, 15) is 22.8 Å². The molecule has 232 valence electrons. The molecule has 0 saturated carbocycles. The molecule has 5 rings (SSSR count). The number of nitrogens with zero attached hydrogens (tertiary/aromatic N) is 3. The Morgan fingerprint density at radius 3 is 2.24 bits per heavy atom. The van der Waals surface area contributed by atoms with E-state index in [0.29, 0.717) is 33.0 Å². The van der Waals surface area contributed by atoms with Gasteiger partial charge in [-0.3, -0.25) is 19.1 Å². The molecule has 0 aliphatic rings. The molecule has 3 aromatic heterocycles. The fraction of sp³-hybridized carbons (Fsp3) is 0.161. The minimum atomic E-state index is -4.93. The Labute approximate surface area is 252 Å². The third-order valence-electron chi connectivity index (χ3n) is 6.74. The van der Waals surface area contributed by atoms with Crippen LogP contribution in [0.3, 0.4) is 0 Å². The number of carbonyl (C=O) groups is 1. The average Bonchev–Trinajstić information content (AvgIpc) is 3.01. The van der Waals surface area contributed by atoms with E-state index >= 15 is 4.39 Å². The Bertz CT molecular complexity index is 1990. The summed E-state index contributed by atoms with van der Waals surface area (Å²) in [5, 5.41) is 2.86. The maximum atomic E-state index is 15.2. The Hall–Kier alpha value is -5.66. The van der Waals surface area contributed by atoms with Crippen LogP contribution in [0.2, 0.25) is 0 Å². The van der Waals surface area contributed by atoms with Crippen molar-refractivity contribution in [3.8, 4) is 34.6 Å². The van der Waals surface area contributed by atoms with E-state index in [1.165, 1.54) is 58.7 Å². The third kappa shape index (κ3) is 6.07. The normalized spacial score (nSPS) is 11.3. The van der Waals surface area contributed by atoms with Crippen LogP contribution >= 0.6 is 0 Å². The molecule has 45 heavy (non-hydrogen) atoms. The number of methoxy groups -OCH3 is 3. The van der Waals surface area contributed by atoms with Crippen molar-refractivity contribution in [3.63, 3.8) is 0 Å². The Morgan fingerprint density at radius 2 is 1.60 bits per heavy atom. The number of carbonyl (C=O) groups excluding carboxylic acids is 1. The summed E-state index contributed by atoms with van der Waals surface area (Å²) in [6.45, 7) is 1.47. The number of nitrogens with one attached hydrogen (secondary N) is 1. The van der Waals surface area contributed by atoms with Crippen LogP contribution in [-0.4, -0.2) is 41.8 Å². The summed E-state index contributed by atoms with van der Waals surface area (Å²) in [7, 11) is 4.27. The third-order valence-corrected chi connectivity index (χ3v) is 6.74. The average molecular weight is 625 g/mol. The lowest BCUT2D eigenvalue weighted by Crippen LogP contribution is -2.33. The second kappa shape index (κ2) is 12.1. The smallest absolute Gasteiger partial charge is 0.431 e. The van der Waals surface area contributed by atoms with E-state index in [4.69, 9.17) is 18.9 Å². The summed E-state index contributed by atoms with van der Waals surface area (Å²) >= 11 is 0. The molecule has 0 unspecified atom stereocenters. The zero-order valence-corrected chi connectivity index (χ0v) is 24.2. The number of rotatable bonds is 8. The number of pyridine rings is 3. The number of ether oxygens (including phenoxy) is 4. The molecule has 2 aromatic carbocycles. The predicted octanol–water partition coefficient (Wildman–Crippen LogP) is 6.32. The van der Waals surface area contributed by atoms with Crippen LogP contribution in [0.1, 0.15) is 21.6 Å². The molecule has 3 heterocycles.